The Labute approximate surface area is 90.5 Å². The Kier molecular flexibility index (Phi) is 2.85. The molecule has 3 nitrogen and oxygen atoms in total. The lowest BCUT2D eigenvalue weighted by Crippen LogP contribution is -2.50. The molecule has 2 atom stereocenters. The average molecular weight is 209 g/mol. The van der Waals surface area contributed by atoms with Gasteiger partial charge in [0.1, 0.15) is 11.5 Å². The Morgan fingerprint density at radius 2 is 2.40 bits per heavy atom. The summed E-state index contributed by atoms with van der Waals surface area (Å²) in [6.07, 6.45) is 2.03. The highest BCUT2D eigenvalue weighted by atomic mass is 16.3. The average Bonchev–Trinajstić information content (AvgIpc) is 2.65. The van der Waals surface area contributed by atoms with Crippen molar-refractivity contribution in [3.8, 4) is 0 Å². The van der Waals surface area contributed by atoms with Gasteiger partial charge in [0.05, 0.1) is 6.61 Å². The maximum Gasteiger partial charge on any atom is 0.107 e. The summed E-state index contributed by atoms with van der Waals surface area (Å²) >= 11 is 0. The number of aliphatic hydroxyl groups excluding tert-OH is 1. The standard InChI is InChI=1S/C12H19NO2/c1-9-3-4-11(15-9)10-5-6-13-12(2,7-10)8-14/h3-4,10,13-14H,5-8H2,1-2H3. The zero-order chi connectivity index (χ0) is 10.9. The summed E-state index contributed by atoms with van der Waals surface area (Å²) in [5.41, 5.74) is -0.149. The predicted molar refractivity (Wildman–Crippen MR) is 58.9 cm³/mol. The highest BCUT2D eigenvalue weighted by molar-refractivity contribution is 5.13. The molecule has 0 radical (unpaired) electrons. The van der Waals surface area contributed by atoms with E-state index in [1.807, 2.05) is 13.0 Å². The number of hydrogen-bond acceptors (Lipinski definition) is 3. The van der Waals surface area contributed by atoms with E-state index >= 15 is 0 Å². The lowest BCUT2D eigenvalue weighted by atomic mass is 9.82. The molecule has 2 N–H and O–H groups in total. The molecule has 2 rings (SSSR count). The molecule has 3 heteroatoms. The minimum Gasteiger partial charge on any atom is -0.466 e. The van der Waals surface area contributed by atoms with Gasteiger partial charge in [-0.3, -0.25) is 0 Å². The molecule has 0 aliphatic carbocycles. The maximum atomic E-state index is 9.33. The Morgan fingerprint density at radius 1 is 1.60 bits per heavy atom. The number of rotatable bonds is 2. The fourth-order valence-electron chi connectivity index (χ4n) is 2.30. The number of nitrogens with one attached hydrogen (secondary N) is 1. The molecule has 0 saturated carbocycles. The summed E-state index contributed by atoms with van der Waals surface area (Å²) in [7, 11) is 0. The van der Waals surface area contributed by atoms with E-state index < -0.39 is 0 Å². The molecule has 1 fully saturated rings. The Morgan fingerprint density at radius 3 is 3.00 bits per heavy atom. The summed E-state index contributed by atoms with van der Waals surface area (Å²) in [5, 5.41) is 12.7. The second kappa shape index (κ2) is 3.99. The van der Waals surface area contributed by atoms with Gasteiger partial charge in [0.15, 0.2) is 0 Å². The van der Waals surface area contributed by atoms with Crippen molar-refractivity contribution in [2.45, 2.75) is 38.1 Å². The number of aryl methyl sites for hydroxylation is 1. The maximum absolute atomic E-state index is 9.33. The van der Waals surface area contributed by atoms with E-state index in [1.165, 1.54) is 0 Å². The van der Waals surface area contributed by atoms with Crippen LogP contribution in [0.15, 0.2) is 16.5 Å². The topological polar surface area (TPSA) is 45.4 Å². The molecule has 0 spiro atoms. The van der Waals surface area contributed by atoms with Gasteiger partial charge in [0.25, 0.3) is 0 Å². The fourth-order valence-corrected chi connectivity index (χ4v) is 2.30. The molecule has 84 valence electrons. The molecule has 1 aromatic rings. The van der Waals surface area contributed by atoms with Gasteiger partial charge in [-0.15, -0.1) is 0 Å². The molecule has 2 heterocycles. The summed E-state index contributed by atoms with van der Waals surface area (Å²) in [4.78, 5) is 0. The van der Waals surface area contributed by atoms with Gasteiger partial charge in [-0.25, -0.2) is 0 Å². The second-order valence-corrected chi connectivity index (χ2v) is 4.78. The first-order valence-electron chi connectivity index (χ1n) is 5.55. The summed E-state index contributed by atoms with van der Waals surface area (Å²) in [5.74, 6) is 2.47. The number of hydrogen-bond donors (Lipinski definition) is 2. The first-order valence-corrected chi connectivity index (χ1v) is 5.55. The zero-order valence-corrected chi connectivity index (χ0v) is 9.42. The van der Waals surface area contributed by atoms with Crippen molar-refractivity contribution in [2.75, 3.05) is 13.2 Å². The lowest BCUT2D eigenvalue weighted by Gasteiger charge is -2.37. The molecule has 0 aromatic carbocycles. The normalized spacial score (nSPS) is 31.8. The monoisotopic (exact) mass is 209 g/mol. The third-order valence-electron chi connectivity index (χ3n) is 3.25. The van der Waals surface area contributed by atoms with Crippen molar-refractivity contribution in [1.29, 1.82) is 0 Å². The molecule has 0 bridgehead atoms. The third kappa shape index (κ3) is 2.24. The second-order valence-electron chi connectivity index (χ2n) is 4.78. The SMILES string of the molecule is Cc1ccc(C2CCNC(C)(CO)C2)o1. The van der Waals surface area contributed by atoms with Crippen molar-refractivity contribution in [3.63, 3.8) is 0 Å². The highest BCUT2D eigenvalue weighted by Crippen LogP contribution is 2.33. The van der Waals surface area contributed by atoms with E-state index in [9.17, 15) is 5.11 Å². The van der Waals surface area contributed by atoms with Crippen LogP contribution < -0.4 is 5.32 Å². The van der Waals surface area contributed by atoms with Crippen molar-refractivity contribution in [1.82, 2.24) is 5.32 Å². The molecule has 1 aliphatic heterocycles. The third-order valence-corrected chi connectivity index (χ3v) is 3.25. The van der Waals surface area contributed by atoms with Crippen molar-refractivity contribution in [2.24, 2.45) is 0 Å². The first kappa shape index (κ1) is 10.7. The van der Waals surface area contributed by atoms with E-state index in [-0.39, 0.29) is 12.1 Å². The van der Waals surface area contributed by atoms with E-state index in [4.69, 9.17) is 4.42 Å². The van der Waals surface area contributed by atoms with Crippen LogP contribution >= 0.6 is 0 Å². The van der Waals surface area contributed by atoms with E-state index in [0.717, 1.165) is 30.9 Å². The van der Waals surface area contributed by atoms with Crippen LogP contribution in [0.4, 0.5) is 0 Å². The van der Waals surface area contributed by atoms with Crippen LogP contribution in [0.3, 0.4) is 0 Å². The molecule has 1 aliphatic rings. The Hall–Kier alpha value is -0.800. The number of aliphatic hydroxyl groups is 1. The summed E-state index contributed by atoms with van der Waals surface area (Å²) in [6.45, 7) is 5.16. The van der Waals surface area contributed by atoms with Crippen LogP contribution in [0.2, 0.25) is 0 Å². The molecule has 2 unspecified atom stereocenters. The predicted octanol–water partition coefficient (Wildman–Crippen LogP) is 1.81. The van der Waals surface area contributed by atoms with Crippen LogP contribution in [0, 0.1) is 6.92 Å². The summed E-state index contributed by atoms with van der Waals surface area (Å²) < 4.78 is 5.65. The van der Waals surface area contributed by atoms with Crippen LogP contribution in [-0.4, -0.2) is 23.8 Å². The zero-order valence-electron chi connectivity index (χ0n) is 9.42. The van der Waals surface area contributed by atoms with Gasteiger partial charge in [0, 0.05) is 11.5 Å². The van der Waals surface area contributed by atoms with Gasteiger partial charge < -0.3 is 14.8 Å². The molecule has 15 heavy (non-hydrogen) atoms. The highest BCUT2D eigenvalue weighted by Gasteiger charge is 2.33. The van der Waals surface area contributed by atoms with E-state index in [2.05, 4.69) is 18.3 Å². The first-order chi connectivity index (χ1) is 7.13. The van der Waals surface area contributed by atoms with Crippen LogP contribution in [-0.2, 0) is 0 Å². The van der Waals surface area contributed by atoms with Crippen molar-refractivity contribution >= 4 is 0 Å². The molecular formula is C12H19NO2. The minimum atomic E-state index is -0.149. The molecule has 1 saturated heterocycles. The number of furan rings is 1. The van der Waals surface area contributed by atoms with Gasteiger partial charge >= 0.3 is 0 Å². The van der Waals surface area contributed by atoms with Crippen molar-refractivity contribution in [3.05, 3.63) is 23.7 Å². The van der Waals surface area contributed by atoms with Gasteiger partial charge in [-0.2, -0.15) is 0 Å². The van der Waals surface area contributed by atoms with Crippen LogP contribution in [0.1, 0.15) is 37.2 Å². The van der Waals surface area contributed by atoms with E-state index in [1.54, 1.807) is 0 Å². The number of piperidine rings is 1. The lowest BCUT2D eigenvalue weighted by molar-refractivity contribution is 0.132. The van der Waals surface area contributed by atoms with Gasteiger partial charge in [0.2, 0.25) is 0 Å². The van der Waals surface area contributed by atoms with Crippen molar-refractivity contribution < 1.29 is 9.52 Å². The Balaban J connectivity index is 2.11. The molecule has 0 amide bonds. The van der Waals surface area contributed by atoms with Gasteiger partial charge in [-0.05, 0) is 45.4 Å². The van der Waals surface area contributed by atoms with Crippen LogP contribution in [0.5, 0.6) is 0 Å². The summed E-state index contributed by atoms with van der Waals surface area (Å²) in [6, 6.07) is 4.07. The smallest absolute Gasteiger partial charge is 0.107 e. The molecule has 1 aromatic heterocycles. The largest absolute Gasteiger partial charge is 0.466 e. The van der Waals surface area contributed by atoms with Gasteiger partial charge in [-0.1, -0.05) is 0 Å². The quantitative estimate of drug-likeness (QED) is 0.780. The Bertz CT molecular complexity index is 334. The fraction of sp³-hybridized carbons (Fsp3) is 0.667. The molecular weight excluding hydrogens is 190 g/mol. The van der Waals surface area contributed by atoms with Crippen LogP contribution in [0.25, 0.3) is 0 Å². The minimum absolute atomic E-state index is 0.149. The van der Waals surface area contributed by atoms with E-state index in [0.29, 0.717) is 5.92 Å².